The molecule has 0 saturated carbocycles. The maximum absolute atomic E-state index is 6.19. The highest BCUT2D eigenvalue weighted by atomic mass is 15.1. The van der Waals surface area contributed by atoms with Crippen LogP contribution in [0.5, 0.6) is 0 Å². The van der Waals surface area contributed by atoms with Crippen LogP contribution in [-0.2, 0) is 0 Å². The van der Waals surface area contributed by atoms with E-state index >= 15 is 0 Å². The minimum atomic E-state index is 0.439. The van der Waals surface area contributed by atoms with Crippen molar-refractivity contribution in [3.05, 3.63) is 24.5 Å². The first-order valence-electron chi connectivity index (χ1n) is 8.26. The summed E-state index contributed by atoms with van der Waals surface area (Å²) in [5.41, 5.74) is 8.98. The smallest absolute Gasteiger partial charge is 0.147 e. The van der Waals surface area contributed by atoms with E-state index < -0.39 is 0 Å². The quantitative estimate of drug-likeness (QED) is 0.692. The summed E-state index contributed by atoms with van der Waals surface area (Å²) >= 11 is 0. The highest BCUT2D eigenvalue weighted by Gasteiger charge is 2.21. The van der Waals surface area contributed by atoms with E-state index in [4.69, 9.17) is 5.73 Å². The summed E-state index contributed by atoms with van der Waals surface area (Å²) < 4.78 is 0. The molecule has 0 spiro atoms. The van der Waals surface area contributed by atoms with Gasteiger partial charge >= 0.3 is 0 Å². The number of fused-ring (bicyclic) bond motifs is 3. The molecular formula is C17H22N6. The van der Waals surface area contributed by atoms with Gasteiger partial charge in [-0.3, -0.25) is 0 Å². The predicted molar refractivity (Wildman–Crippen MR) is 94.6 cm³/mol. The zero-order valence-corrected chi connectivity index (χ0v) is 13.3. The number of nitrogens with zero attached hydrogens (tertiary/aromatic N) is 3. The molecule has 1 fully saturated rings. The largest absolute Gasteiger partial charge is 0.382 e. The molecule has 23 heavy (non-hydrogen) atoms. The Hall–Kier alpha value is -2.34. The zero-order valence-electron chi connectivity index (χ0n) is 13.3. The maximum Gasteiger partial charge on any atom is 0.147 e. The number of nitrogen functional groups attached to an aromatic ring is 1. The molecular weight excluding hydrogens is 288 g/mol. The SMILES string of the molecule is CCN1CCC(Nc2c(N)ncc3[nH]c4ncccc4c23)CC1. The van der Waals surface area contributed by atoms with Crippen molar-refractivity contribution in [1.29, 1.82) is 0 Å². The van der Waals surface area contributed by atoms with Crippen molar-refractivity contribution in [1.82, 2.24) is 19.9 Å². The molecule has 1 aliphatic heterocycles. The number of hydrogen-bond acceptors (Lipinski definition) is 5. The maximum atomic E-state index is 6.19. The van der Waals surface area contributed by atoms with Gasteiger partial charge in [0.25, 0.3) is 0 Å². The molecule has 0 aromatic carbocycles. The van der Waals surface area contributed by atoms with Gasteiger partial charge < -0.3 is 20.9 Å². The minimum absolute atomic E-state index is 0.439. The molecule has 4 N–H and O–H groups in total. The molecule has 0 amide bonds. The number of piperidine rings is 1. The Labute approximate surface area is 135 Å². The second-order valence-corrected chi connectivity index (χ2v) is 6.18. The van der Waals surface area contributed by atoms with E-state index in [9.17, 15) is 0 Å². The third-order valence-corrected chi connectivity index (χ3v) is 4.82. The number of nitrogens with one attached hydrogen (secondary N) is 2. The molecule has 4 rings (SSSR count). The standard InChI is InChI=1S/C17H22N6/c1-2-23-8-5-11(6-9-23)21-15-14-12-4-3-7-19-17(12)22-13(14)10-20-16(15)18/h3-4,7,10-11,21H,2,5-6,8-9H2,1H3,(H2,18,20)(H,19,22). The van der Waals surface area contributed by atoms with Crippen molar-refractivity contribution in [3.63, 3.8) is 0 Å². The van der Waals surface area contributed by atoms with Crippen LogP contribution in [0.4, 0.5) is 11.5 Å². The molecule has 1 aliphatic rings. The molecule has 3 aromatic rings. The second-order valence-electron chi connectivity index (χ2n) is 6.18. The van der Waals surface area contributed by atoms with Crippen LogP contribution in [-0.4, -0.2) is 45.5 Å². The Morgan fingerprint density at radius 2 is 2.17 bits per heavy atom. The second kappa shape index (κ2) is 5.70. The van der Waals surface area contributed by atoms with Gasteiger partial charge in [0.05, 0.1) is 17.4 Å². The molecule has 4 heterocycles. The van der Waals surface area contributed by atoms with Crippen molar-refractivity contribution >= 4 is 33.4 Å². The van der Waals surface area contributed by atoms with E-state index in [1.54, 1.807) is 12.4 Å². The number of aromatic amines is 1. The number of likely N-dealkylation sites (tertiary alicyclic amines) is 1. The molecule has 0 bridgehead atoms. The van der Waals surface area contributed by atoms with Crippen LogP contribution in [0.25, 0.3) is 21.9 Å². The summed E-state index contributed by atoms with van der Waals surface area (Å²) in [4.78, 5) is 14.5. The summed E-state index contributed by atoms with van der Waals surface area (Å²) in [6.07, 6.45) is 5.84. The number of H-pyrrole nitrogens is 1. The van der Waals surface area contributed by atoms with E-state index in [1.807, 2.05) is 6.07 Å². The Balaban J connectivity index is 1.72. The van der Waals surface area contributed by atoms with Crippen molar-refractivity contribution in [2.24, 2.45) is 0 Å². The number of nitrogens with two attached hydrogens (primary N) is 1. The van der Waals surface area contributed by atoms with E-state index in [2.05, 4.69) is 38.2 Å². The van der Waals surface area contributed by atoms with Crippen LogP contribution < -0.4 is 11.1 Å². The highest BCUT2D eigenvalue weighted by Crippen LogP contribution is 2.34. The summed E-state index contributed by atoms with van der Waals surface area (Å²) in [6, 6.07) is 4.47. The Bertz CT molecular complexity index is 832. The number of rotatable bonds is 3. The molecule has 6 heteroatoms. The molecule has 3 aromatic heterocycles. The molecule has 0 unspecified atom stereocenters. The lowest BCUT2D eigenvalue weighted by atomic mass is 10.0. The number of aromatic nitrogens is 3. The Morgan fingerprint density at radius 3 is 2.96 bits per heavy atom. The van der Waals surface area contributed by atoms with Crippen LogP contribution in [0, 0.1) is 0 Å². The average Bonchev–Trinajstić information content (AvgIpc) is 2.97. The fraction of sp³-hybridized carbons (Fsp3) is 0.412. The monoisotopic (exact) mass is 310 g/mol. The zero-order chi connectivity index (χ0) is 15.8. The van der Waals surface area contributed by atoms with Gasteiger partial charge in [0.1, 0.15) is 11.5 Å². The van der Waals surface area contributed by atoms with Crippen molar-refractivity contribution in [3.8, 4) is 0 Å². The fourth-order valence-electron chi connectivity index (χ4n) is 3.48. The third-order valence-electron chi connectivity index (χ3n) is 4.82. The highest BCUT2D eigenvalue weighted by molar-refractivity contribution is 6.14. The van der Waals surface area contributed by atoms with Crippen LogP contribution in [0.15, 0.2) is 24.5 Å². The molecule has 6 nitrogen and oxygen atoms in total. The first kappa shape index (κ1) is 14.3. The lowest BCUT2D eigenvalue weighted by molar-refractivity contribution is 0.229. The van der Waals surface area contributed by atoms with Crippen LogP contribution in [0.1, 0.15) is 19.8 Å². The minimum Gasteiger partial charge on any atom is -0.382 e. The average molecular weight is 310 g/mol. The van der Waals surface area contributed by atoms with Gasteiger partial charge in [-0.05, 0) is 31.5 Å². The topological polar surface area (TPSA) is 82.9 Å². The summed E-state index contributed by atoms with van der Waals surface area (Å²) in [7, 11) is 0. The lowest BCUT2D eigenvalue weighted by Crippen LogP contribution is -2.39. The molecule has 0 atom stereocenters. The van der Waals surface area contributed by atoms with E-state index in [1.165, 1.54) is 0 Å². The van der Waals surface area contributed by atoms with Gasteiger partial charge in [-0.1, -0.05) is 6.92 Å². The molecule has 120 valence electrons. The third kappa shape index (κ3) is 2.49. The van der Waals surface area contributed by atoms with Gasteiger partial charge in [0, 0.05) is 36.1 Å². The molecule has 0 aliphatic carbocycles. The van der Waals surface area contributed by atoms with Gasteiger partial charge in [0.2, 0.25) is 0 Å². The van der Waals surface area contributed by atoms with Gasteiger partial charge in [-0.25, -0.2) is 9.97 Å². The number of pyridine rings is 2. The summed E-state index contributed by atoms with van der Waals surface area (Å²) in [6.45, 7) is 5.61. The normalized spacial score (nSPS) is 17.1. The van der Waals surface area contributed by atoms with Crippen molar-refractivity contribution in [2.45, 2.75) is 25.8 Å². The van der Waals surface area contributed by atoms with E-state index in [0.717, 1.165) is 60.1 Å². The van der Waals surface area contributed by atoms with Gasteiger partial charge in [0.15, 0.2) is 0 Å². The van der Waals surface area contributed by atoms with Crippen LogP contribution in [0.2, 0.25) is 0 Å². The number of hydrogen-bond donors (Lipinski definition) is 3. The van der Waals surface area contributed by atoms with Gasteiger partial charge in [-0.15, -0.1) is 0 Å². The first-order chi connectivity index (χ1) is 11.3. The number of anilines is 2. The van der Waals surface area contributed by atoms with E-state index in [-0.39, 0.29) is 0 Å². The Morgan fingerprint density at radius 1 is 1.35 bits per heavy atom. The first-order valence-corrected chi connectivity index (χ1v) is 8.26. The lowest BCUT2D eigenvalue weighted by Gasteiger charge is -2.32. The van der Waals surface area contributed by atoms with Crippen molar-refractivity contribution < 1.29 is 0 Å². The predicted octanol–water partition coefficient (Wildman–Crippen LogP) is 2.59. The van der Waals surface area contributed by atoms with Crippen molar-refractivity contribution in [2.75, 3.05) is 30.7 Å². The summed E-state index contributed by atoms with van der Waals surface area (Å²) in [5, 5.41) is 5.84. The van der Waals surface area contributed by atoms with Gasteiger partial charge in [-0.2, -0.15) is 0 Å². The summed E-state index contributed by atoms with van der Waals surface area (Å²) in [5.74, 6) is 0.556. The molecule has 1 saturated heterocycles. The molecule has 0 radical (unpaired) electrons. The van der Waals surface area contributed by atoms with Crippen LogP contribution >= 0.6 is 0 Å². The fourth-order valence-corrected chi connectivity index (χ4v) is 3.48. The van der Waals surface area contributed by atoms with Crippen LogP contribution in [0.3, 0.4) is 0 Å². The van der Waals surface area contributed by atoms with E-state index in [0.29, 0.717) is 11.9 Å². The Kier molecular flexibility index (Phi) is 3.53.